The summed E-state index contributed by atoms with van der Waals surface area (Å²) in [6.07, 6.45) is 4.94. The van der Waals surface area contributed by atoms with Crippen LogP contribution in [0.3, 0.4) is 0 Å². The Morgan fingerprint density at radius 2 is 2.59 bits per heavy atom. The van der Waals surface area contributed by atoms with E-state index in [-0.39, 0.29) is 12.0 Å². The summed E-state index contributed by atoms with van der Waals surface area (Å²) in [7, 11) is 0. The van der Waals surface area contributed by atoms with Crippen LogP contribution in [0.2, 0.25) is 0 Å². The van der Waals surface area contributed by atoms with Crippen molar-refractivity contribution in [2.45, 2.75) is 38.8 Å². The maximum atomic E-state index is 11.9. The van der Waals surface area contributed by atoms with Gasteiger partial charge >= 0.3 is 0 Å². The van der Waals surface area contributed by atoms with Crippen molar-refractivity contribution in [3.8, 4) is 0 Å². The minimum atomic E-state index is -0.0635. The molecular formula is C12H19N3O2. The number of nitrogens with one attached hydrogen (secondary N) is 1. The highest BCUT2D eigenvalue weighted by Crippen LogP contribution is 2.10. The molecular weight excluding hydrogens is 218 g/mol. The van der Waals surface area contributed by atoms with Gasteiger partial charge in [-0.15, -0.1) is 0 Å². The number of aromatic nitrogens is 2. The van der Waals surface area contributed by atoms with Crippen molar-refractivity contribution in [2.24, 2.45) is 0 Å². The molecule has 0 aliphatic carbocycles. The number of carbonyl (C=O) groups excluding carboxylic acids is 1. The van der Waals surface area contributed by atoms with Crippen molar-refractivity contribution in [1.29, 1.82) is 0 Å². The van der Waals surface area contributed by atoms with Gasteiger partial charge in [0.2, 0.25) is 0 Å². The molecule has 0 saturated carbocycles. The first-order valence-corrected chi connectivity index (χ1v) is 6.23. The fourth-order valence-electron chi connectivity index (χ4n) is 2.02. The molecule has 1 amide bonds. The van der Waals surface area contributed by atoms with E-state index in [1.165, 1.54) is 0 Å². The Hall–Kier alpha value is -1.36. The van der Waals surface area contributed by atoms with Crippen molar-refractivity contribution in [1.82, 2.24) is 15.1 Å². The third kappa shape index (κ3) is 3.06. The predicted molar refractivity (Wildman–Crippen MR) is 63.8 cm³/mol. The number of rotatable bonds is 5. The van der Waals surface area contributed by atoms with Crippen LogP contribution in [0.15, 0.2) is 12.3 Å². The van der Waals surface area contributed by atoms with Gasteiger partial charge in [0.05, 0.1) is 6.10 Å². The largest absolute Gasteiger partial charge is 0.376 e. The number of aryl methyl sites for hydroxylation is 1. The first-order chi connectivity index (χ1) is 8.31. The van der Waals surface area contributed by atoms with Crippen molar-refractivity contribution >= 4 is 5.91 Å². The fourth-order valence-corrected chi connectivity index (χ4v) is 2.02. The molecule has 1 unspecified atom stereocenters. The average molecular weight is 237 g/mol. The quantitative estimate of drug-likeness (QED) is 0.837. The van der Waals surface area contributed by atoms with E-state index in [9.17, 15) is 4.79 Å². The third-order valence-electron chi connectivity index (χ3n) is 2.90. The maximum Gasteiger partial charge on any atom is 0.269 e. The standard InChI is InChI=1S/C12H19N3O2/c1-2-7-15-11(5-6-14-15)12(16)13-9-10-4-3-8-17-10/h5-6,10H,2-4,7-9H2,1H3,(H,13,16). The van der Waals surface area contributed by atoms with Crippen molar-refractivity contribution in [2.75, 3.05) is 13.2 Å². The summed E-state index contributed by atoms with van der Waals surface area (Å²) >= 11 is 0. The molecule has 5 heteroatoms. The van der Waals surface area contributed by atoms with Gasteiger partial charge in [0.1, 0.15) is 5.69 Å². The van der Waals surface area contributed by atoms with Crippen LogP contribution in [-0.2, 0) is 11.3 Å². The van der Waals surface area contributed by atoms with E-state index in [4.69, 9.17) is 4.74 Å². The van der Waals surface area contributed by atoms with Crippen LogP contribution in [0, 0.1) is 0 Å². The van der Waals surface area contributed by atoms with E-state index in [0.717, 1.165) is 32.4 Å². The average Bonchev–Trinajstić information content (AvgIpc) is 2.97. The van der Waals surface area contributed by atoms with Crippen molar-refractivity contribution < 1.29 is 9.53 Å². The minimum absolute atomic E-state index is 0.0635. The van der Waals surface area contributed by atoms with E-state index in [0.29, 0.717) is 12.2 Å². The van der Waals surface area contributed by atoms with Crippen LogP contribution >= 0.6 is 0 Å². The minimum Gasteiger partial charge on any atom is -0.376 e. The molecule has 5 nitrogen and oxygen atoms in total. The molecule has 1 atom stereocenters. The van der Waals surface area contributed by atoms with Crippen LogP contribution < -0.4 is 5.32 Å². The number of carbonyl (C=O) groups is 1. The summed E-state index contributed by atoms with van der Waals surface area (Å²) in [4.78, 5) is 11.9. The van der Waals surface area contributed by atoms with Gasteiger partial charge in [0.25, 0.3) is 5.91 Å². The summed E-state index contributed by atoms with van der Waals surface area (Å²) in [5, 5.41) is 7.03. The molecule has 1 aromatic rings. The molecule has 2 heterocycles. The number of amides is 1. The van der Waals surface area contributed by atoms with Crippen LogP contribution in [-0.4, -0.2) is 34.9 Å². The van der Waals surface area contributed by atoms with Gasteiger partial charge in [-0.25, -0.2) is 0 Å². The number of ether oxygens (including phenoxy) is 1. The highest BCUT2D eigenvalue weighted by Gasteiger charge is 2.18. The lowest BCUT2D eigenvalue weighted by Gasteiger charge is -2.11. The number of hydrogen-bond acceptors (Lipinski definition) is 3. The number of hydrogen-bond donors (Lipinski definition) is 1. The van der Waals surface area contributed by atoms with Gasteiger partial charge in [-0.3, -0.25) is 9.48 Å². The second kappa shape index (κ2) is 5.82. The first-order valence-electron chi connectivity index (χ1n) is 6.23. The van der Waals surface area contributed by atoms with E-state index in [1.54, 1.807) is 16.9 Å². The summed E-state index contributed by atoms with van der Waals surface area (Å²) in [5.41, 5.74) is 0.629. The molecule has 0 bridgehead atoms. The summed E-state index contributed by atoms with van der Waals surface area (Å²) in [5.74, 6) is -0.0635. The molecule has 1 N–H and O–H groups in total. The SMILES string of the molecule is CCCn1nccc1C(=O)NCC1CCCO1. The first kappa shape index (κ1) is 12.1. The molecule has 94 valence electrons. The number of nitrogens with zero attached hydrogens (tertiary/aromatic N) is 2. The second-order valence-electron chi connectivity index (χ2n) is 4.28. The van der Waals surface area contributed by atoms with Gasteiger partial charge in [-0.1, -0.05) is 6.92 Å². The van der Waals surface area contributed by atoms with E-state index < -0.39 is 0 Å². The molecule has 0 radical (unpaired) electrons. The van der Waals surface area contributed by atoms with Crippen LogP contribution in [0.5, 0.6) is 0 Å². The van der Waals surface area contributed by atoms with Crippen LogP contribution in [0.4, 0.5) is 0 Å². The molecule has 2 rings (SSSR count). The van der Waals surface area contributed by atoms with Crippen LogP contribution in [0.1, 0.15) is 36.7 Å². The Morgan fingerprint density at radius 3 is 3.29 bits per heavy atom. The van der Waals surface area contributed by atoms with Gasteiger partial charge in [-0.2, -0.15) is 5.10 Å². The van der Waals surface area contributed by atoms with Gasteiger partial charge < -0.3 is 10.1 Å². The zero-order chi connectivity index (χ0) is 12.1. The highest BCUT2D eigenvalue weighted by atomic mass is 16.5. The van der Waals surface area contributed by atoms with E-state index in [2.05, 4.69) is 17.3 Å². The Kier molecular flexibility index (Phi) is 4.14. The lowest BCUT2D eigenvalue weighted by Crippen LogP contribution is -2.33. The van der Waals surface area contributed by atoms with Gasteiger partial charge in [0.15, 0.2) is 0 Å². The highest BCUT2D eigenvalue weighted by molar-refractivity contribution is 5.92. The molecule has 1 fully saturated rings. The smallest absolute Gasteiger partial charge is 0.269 e. The van der Waals surface area contributed by atoms with E-state index >= 15 is 0 Å². The Labute approximate surface area is 101 Å². The zero-order valence-electron chi connectivity index (χ0n) is 10.2. The summed E-state index contributed by atoms with van der Waals surface area (Å²) < 4.78 is 7.20. The molecule has 0 spiro atoms. The summed E-state index contributed by atoms with van der Waals surface area (Å²) in [6, 6.07) is 1.75. The van der Waals surface area contributed by atoms with Crippen molar-refractivity contribution in [3.05, 3.63) is 18.0 Å². The summed E-state index contributed by atoms with van der Waals surface area (Å²) in [6.45, 7) is 4.25. The second-order valence-corrected chi connectivity index (χ2v) is 4.28. The van der Waals surface area contributed by atoms with Crippen molar-refractivity contribution in [3.63, 3.8) is 0 Å². The monoisotopic (exact) mass is 237 g/mol. The zero-order valence-corrected chi connectivity index (χ0v) is 10.2. The van der Waals surface area contributed by atoms with Gasteiger partial charge in [0, 0.05) is 25.9 Å². The molecule has 0 aromatic carbocycles. The Morgan fingerprint density at radius 1 is 1.71 bits per heavy atom. The molecule has 1 aliphatic rings. The van der Waals surface area contributed by atoms with E-state index in [1.807, 2.05) is 0 Å². The molecule has 1 saturated heterocycles. The lowest BCUT2D eigenvalue weighted by molar-refractivity contribution is 0.0849. The molecule has 1 aliphatic heterocycles. The van der Waals surface area contributed by atoms with Crippen LogP contribution in [0.25, 0.3) is 0 Å². The fraction of sp³-hybridized carbons (Fsp3) is 0.667. The Bertz CT molecular complexity index is 370. The molecule has 1 aromatic heterocycles. The Balaban J connectivity index is 1.87. The third-order valence-corrected chi connectivity index (χ3v) is 2.90. The maximum absolute atomic E-state index is 11.9. The normalized spacial score (nSPS) is 19.5. The topological polar surface area (TPSA) is 56.2 Å². The predicted octanol–water partition coefficient (Wildman–Crippen LogP) is 1.20. The van der Waals surface area contributed by atoms with Gasteiger partial charge in [-0.05, 0) is 25.3 Å². The molecule has 17 heavy (non-hydrogen) atoms. The lowest BCUT2D eigenvalue weighted by atomic mass is 10.2.